The number of aliphatic carboxylic acids is 1. The summed E-state index contributed by atoms with van der Waals surface area (Å²) in [6.45, 7) is 11.1. The molecule has 0 aliphatic heterocycles. The zero-order valence-electron chi connectivity index (χ0n) is 12.5. The van der Waals surface area contributed by atoms with E-state index in [0.717, 1.165) is 0 Å². The van der Waals surface area contributed by atoms with Crippen molar-refractivity contribution in [3.63, 3.8) is 0 Å². The third-order valence-electron chi connectivity index (χ3n) is 2.10. The number of hydrogen-bond donors (Lipinski definition) is 2. The van der Waals surface area contributed by atoms with E-state index >= 15 is 0 Å². The SMILES string of the molecule is CC(C)COC(C)C(NC(=O)OC(C)(C)C)C(=O)O. The van der Waals surface area contributed by atoms with Crippen molar-refractivity contribution in [3.05, 3.63) is 0 Å². The maximum atomic E-state index is 11.6. The number of carbonyl (C=O) groups is 2. The van der Waals surface area contributed by atoms with E-state index in [1.165, 1.54) is 0 Å². The molecule has 0 radical (unpaired) electrons. The first-order valence-corrected chi connectivity index (χ1v) is 6.37. The van der Waals surface area contributed by atoms with Crippen LogP contribution in [0.4, 0.5) is 4.79 Å². The number of alkyl carbamates (subject to hydrolysis) is 1. The zero-order valence-corrected chi connectivity index (χ0v) is 12.5. The van der Waals surface area contributed by atoms with Crippen molar-refractivity contribution in [2.75, 3.05) is 6.61 Å². The van der Waals surface area contributed by atoms with Gasteiger partial charge in [0.15, 0.2) is 6.04 Å². The molecular formula is C13H25NO5. The summed E-state index contributed by atoms with van der Waals surface area (Å²) in [5.74, 6) is -0.861. The first-order chi connectivity index (χ1) is 8.53. The number of rotatable bonds is 6. The fourth-order valence-electron chi connectivity index (χ4n) is 1.25. The Balaban J connectivity index is 4.49. The highest BCUT2D eigenvalue weighted by atomic mass is 16.6. The number of nitrogens with one attached hydrogen (secondary N) is 1. The van der Waals surface area contributed by atoms with E-state index in [2.05, 4.69) is 5.32 Å². The molecule has 0 fully saturated rings. The molecular weight excluding hydrogens is 250 g/mol. The fourth-order valence-corrected chi connectivity index (χ4v) is 1.25. The maximum absolute atomic E-state index is 11.6. The largest absolute Gasteiger partial charge is 0.480 e. The predicted octanol–water partition coefficient (Wildman–Crippen LogP) is 2.03. The van der Waals surface area contributed by atoms with E-state index in [4.69, 9.17) is 14.6 Å². The lowest BCUT2D eigenvalue weighted by Crippen LogP contribution is -2.50. The van der Waals surface area contributed by atoms with Gasteiger partial charge < -0.3 is 19.9 Å². The molecule has 2 atom stereocenters. The first kappa shape index (κ1) is 17.7. The van der Waals surface area contributed by atoms with E-state index in [9.17, 15) is 9.59 Å². The summed E-state index contributed by atoms with van der Waals surface area (Å²) in [5, 5.41) is 11.4. The van der Waals surface area contributed by atoms with E-state index in [1.807, 2.05) is 13.8 Å². The third-order valence-corrected chi connectivity index (χ3v) is 2.10. The molecule has 2 N–H and O–H groups in total. The standard InChI is InChI=1S/C13H25NO5/c1-8(2)7-18-9(3)10(11(15)16)14-12(17)19-13(4,5)6/h8-10H,7H2,1-6H3,(H,14,17)(H,15,16). The van der Waals surface area contributed by atoms with Gasteiger partial charge >= 0.3 is 12.1 Å². The van der Waals surface area contributed by atoms with Gasteiger partial charge in [-0.2, -0.15) is 0 Å². The van der Waals surface area contributed by atoms with Gasteiger partial charge in [0, 0.05) is 6.61 Å². The molecule has 6 heteroatoms. The Kier molecular flexibility index (Phi) is 6.83. The van der Waals surface area contributed by atoms with Gasteiger partial charge in [-0.25, -0.2) is 9.59 Å². The first-order valence-electron chi connectivity index (χ1n) is 6.37. The van der Waals surface area contributed by atoms with Crippen molar-refractivity contribution >= 4 is 12.1 Å². The molecule has 1 amide bonds. The van der Waals surface area contributed by atoms with E-state index in [0.29, 0.717) is 12.5 Å². The van der Waals surface area contributed by atoms with Crippen LogP contribution in [0.1, 0.15) is 41.5 Å². The molecule has 0 saturated carbocycles. The van der Waals surface area contributed by atoms with Crippen LogP contribution >= 0.6 is 0 Å². The Morgan fingerprint density at radius 3 is 2.11 bits per heavy atom. The van der Waals surface area contributed by atoms with Gasteiger partial charge in [0.1, 0.15) is 5.60 Å². The fraction of sp³-hybridized carbons (Fsp3) is 0.846. The number of carboxylic acids is 1. The molecule has 0 rings (SSSR count). The van der Waals surface area contributed by atoms with Crippen LogP contribution in [-0.2, 0) is 14.3 Å². The Morgan fingerprint density at radius 2 is 1.74 bits per heavy atom. The van der Waals surface area contributed by atoms with Crippen LogP contribution in [0.25, 0.3) is 0 Å². The monoisotopic (exact) mass is 275 g/mol. The highest BCUT2D eigenvalue weighted by Gasteiger charge is 2.29. The molecule has 0 aromatic heterocycles. The molecule has 112 valence electrons. The van der Waals surface area contributed by atoms with Gasteiger partial charge in [-0.05, 0) is 33.6 Å². The number of ether oxygens (including phenoxy) is 2. The molecule has 0 aromatic carbocycles. The van der Waals surface area contributed by atoms with Crippen LogP contribution in [0.15, 0.2) is 0 Å². The van der Waals surface area contributed by atoms with Crippen LogP contribution < -0.4 is 5.32 Å². The summed E-state index contributed by atoms with van der Waals surface area (Å²) in [4.78, 5) is 22.7. The molecule has 0 aliphatic carbocycles. The topological polar surface area (TPSA) is 84.9 Å². The quantitative estimate of drug-likeness (QED) is 0.774. The molecule has 19 heavy (non-hydrogen) atoms. The molecule has 0 spiro atoms. The molecule has 6 nitrogen and oxygen atoms in total. The van der Waals surface area contributed by atoms with E-state index in [-0.39, 0.29) is 0 Å². The smallest absolute Gasteiger partial charge is 0.408 e. The highest BCUT2D eigenvalue weighted by molar-refractivity contribution is 5.80. The zero-order chi connectivity index (χ0) is 15.2. The van der Waals surface area contributed by atoms with Gasteiger partial charge in [-0.1, -0.05) is 13.8 Å². The van der Waals surface area contributed by atoms with Crippen LogP contribution in [0.2, 0.25) is 0 Å². The summed E-state index contributed by atoms with van der Waals surface area (Å²) in [6, 6.07) is -1.13. The number of carbonyl (C=O) groups excluding carboxylic acids is 1. The lowest BCUT2D eigenvalue weighted by atomic mass is 10.1. The van der Waals surface area contributed by atoms with Crippen LogP contribution in [0, 0.1) is 5.92 Å². The lowest BCUT2D eigenvalue weighted by molar-refractivity contribution is -0.143. The van der Waals surface area contributed by atoms with Gasteiger partial charge in [-0.15, -0.1) is 0 Å². The second-order valence-corrected chi connectivity index (χ2v) is 5.89. The van der Waals surface area contributed by atoms with Gasteiger partial charge in [0.05, 0.1) is 6.10 Å². The Hall–Kier alpha value is -1.30. The number of carboxylic acid groups (broad SMARTS) is 1. The summed E-state index contributed by atoms with van der Waals surface area (Å²) in [5.41, 5.74) is -0.671. The second-order valence-electron chi connectivity index (χ2n) is 5.89. The van der Waals surface area contributed by atoms with E-state index < -0.39 is 29.8 Å². The summed E-state index contributed by atoms with van der Waals surface area (Å²) in [7, 11) is 0. The average molecular weight is 275 g/mol. The van der Waals surface area contributed by atoms with Crippen LogP contribution in [-0.4, -0.2) is 41.5 Å². The van der Waals surface area contributed by atoms with Crippen molar-refractivity contribution in [2.45, 2.75) is 59.3 Å². The van der Waals surface area contributed by atoms with Crippen molar-refractivity contribution < 1.29 is 24.2 Å². The van der Waals surface area contributed by atoms with E-state index in [1.54, 1.807) is 27.7 Å². The highest BCUT2D eigenvalue weighted by Crippen LogP contribution is 2.08. The molecule has 0 saturated heterocycles. The summed E-state index contributed by atoms with van der Waals surface area (Å²) < 4.78 is 10.4. The van der Waals surface area contributed by atoms with Crippen molar-refractivity contribution in [1.29, 1.82) is 0 Å². The number of amides is 1. The third kappa shape index (κ3) is 8.42. The lowest BCUT2D eigenvalue weighted by Gasteiger charge is -2.25. The minimum atomic E-state index is -1.15. The minimum absolute atomic E-state index is 0.290. The molecule has 0 aromatic rings. The summed E-state index contributed by atoms with van der Waals surface area (Å²) >= 11 is 0. The number of hydrogen-bond acceptors (Lipinski definition) is 4. The van der Waals surface area contributed by atoms with Gasteiger partial charge in [0.2, 0.25) is 0 Å². The molecule has 2 unspecified atom stereocenters. The van der Waals surface area contributed by atoms with Crippen molar-refractivity contribution in [3.8, 4) is 0 Å². The van der Waals surface area contributed by atoms with Crippen molar-refractivity contribution in [2.24, 2.45) is 5.92 Å². The van der Waals surface area contributed by atoms with Crippen LogP contribution in [0.3, 0.4) is 0 Å². The molecule has 0 bridgehead atoms. The minimum Gasteiger partial charge on any atom is -0.480 e. The Labute approximate surface area is 114 Å². The Bertz CT molecular complexity index is 309. The molecule has 0 heterocycles. The summed E-state index contributed by atoms with van der Waals surface area (Å²) in [6.07, 6.45) is -1.40. The average Bonchev–Trinajstić information content (AvgIpc) is 2.19. The normalized spacial score (nSPS) is 14.9. The molecule has 0 aliphatic rings. The van der Waals surface area contributed by atoms with Gasteiger partial charge in [-0.3, -0.25) is 0 Å². The Morgan fingerprint density at radius 1 is 1.21 bits per heavy atom. The second kappa shape index (κ2) is 7.33. The van der Waals surface area contributed by atoms with Gasteiger partial charge in [0.25, 0.3) is 0 Å². The maximum Gasteiger partial charge on any atom is 0.408 e. The van der Waals surface area contributed by atoms with Crippen LogP contribution in [0.5, 0.6) is 0 Å². The predicted molar refractivity (Wildman–Crippen MR) is 71.0 cm³/mol. The van der Waals surface area contributed by atoms with Crippen molar-refractivity contribution in [1.82, 2.24) is 5.32 Å².